The minimum atomic E-state index is -3.36. The number of rotatable bonds is 4. The Morgan fingerprint density at radius 2 is 2.36 bits per heavy atom. The zero-order valence-electron chi connectivity index (χ0n) is 7.50. The SMILES string of the molecule is CC(N=C=O)S(=O)(=O)Cc1cccs1. The molecule has 14 heavy (non-hydrogen) atoms. The zero-order valence-corrected chi connectivity index (χ0v) is 9.14. The van der Waals surface area contributed by atoms with Gasteiger partial charge in [-0.25, -0.2) is 13.2 Å². The summed E-state index contributed by atoms with van der Waals surface area (Å²) in [5.74, 6) is -0.0724. The Kier molecular flexibility index (Phi) is 3.57. The molecule has 0 saturated carbocycles. The van der Waals surface area contributed by atoms with Crippen LogP contribution in [0.25, 0.3) is 0 Å². The van der Waals surface area contributed by atoms with Crippen LogP contribution in [0.5, 0.6) is 0 Å². The minimum Gasteiger partial charge on any atom is -0.226 e. The third-order valence-electron chi connectivity index (χ3n) is 1.68. The van der Waals surface area contributed by atoms with Crippen LogP contribution in [0.3, 0.4) is 0 Å². The van der Waals surface area contributed by atoms with E-state index in [1.807, 2.05) is 0 Å². The number of isocyanates is 1. The van der Waals surface area contributed by atoms with Crippen LogP contribution in [0.4, 0.5) is 0 Å². The van der Waals surface area contributed by atoms with Crippen molar-refractivity contribution < 1.29 is 13.2 Å². The fourth-order valence-electron chi connectivity index (χ4n) is 0.868. The van der Waals surface area contributed by atoms with Crippen LogP contribution in [0, 0.1) is 0 Å². The number of carbonyl (C=O) groups excluding carboxylic acids is 1. The summed E-state index contributed by atoms with van der Waals surface area (Å²) in [6, 6.07) is 3.52. The summed E-state index contributed by atoms with van der Waals surface area (Å²) < 4.78 is 23.0. The fourth-order valence-corrected chi connectivity index (χ4v) is 3.06. The van der Waals surface area contributed by atoms with Gasteiger partial charge in [0.05, 0.1) is 5.75 Å². The van der Waals surface area contributed by atoms with E-state index in [1.165, 1.54) is 24.3 Å². The van der Waals surface area contributed by atoms with E-state index < -0.39 is 15.2 Å². The molecular formula is C8H9NO3S2. The maximum atomic E-state index is 11.5. The molecule has 0 aliphatic rings. The zero-order chi connectivity index (χ0) is 10.6. The molecule has 0 fully saturated rings. The number of hydrogen-bond donors (Lipinski definition) is 0. The topological polar surface area (TPSA) is 63.6 Å². The summed E-state index contributed by atoms with van der Waals surface area (Å²) in [4.78, 5) is 13.8. The molecule has 0 aliphatic carbocycles. The maximum Gasteiger partial charge on any atom is 0.236 e. The third kappa shape index (κ3) is 2.77. The first-order chi connectivity index (χ1) is 6.56. The molecule has 0 saturated heterocycles. The van der Waals surface area contributed by atoms with Gasteiger partial charge in [0.25, 0.3) is 0 Å². The largest absolute Gasteiger partial charge is 0.236 e. The number of sulfone groups is 1. The highest BCUT2D eigenvalue weighted by Crippen LogP contribution is 2.16. The van der Waals surface area contributed by atoms with Gasteiger partial charge in [-0.2, -0.15) is 4.99 Å². The van der Waals surface area contributed by atoms with E-state index in [-0.39, 0.29) is 5.75 Å². The van der Waals surface area contributed by atoms with Gasteiger partial charge in [-0.15, -0.1) is 11.3 Å². The van der Waals surface area contributed by atoms with Gasteiger partial charge in [0.2, 0.25) is 6.08 Å². The monoisotopic (exact) mass is 231 g/mol. The van der Waals surface area contributed by atoms with E-state index in [0.29, 0.717) is 0 Å². The van der Waals surface area contributed by atoms with Gasteiger partial charge in [0.15, 0.2) is 15.2 Å². The Bertz CT molecular complexity index is 429. The van der Waals surface area contributed by atoms with Crippen molar-refractivity contribution in [2.24, 2.45) is 4.99 Å². The van der Waals surface area contributed by atoms with Crippen molar-refractivity contribution in [3.05, 3.63) is 22.4 Å². The second-order valence-corrected chi connectivity index (χ2v) is 6.04. The quantitative estimate of drug-likeness (QED) is 0.580. The van der Waals surface area contributed by atoms with Crippen molar-refractivity contribution in [3.63, 3.8) is 0 Å². The molecule has 0 spiro atoms. The van der Waals surface area contributed by atoms with Crippen molar-refractivity contribution >= 4 is 27.3 Å². The molecule has 1 rings (SSSR count). The Balaban J connectivity index is 2.82. The number of aliphatic imine (C=N–C) groups is 1. The van der Waals surface area contributed by atoms with Crippen molar-refractivity contribution in [2.75, 3.05) is 0 Å². The predicted octanol–water partition coefficient (Wildman–Crippen LogP) is 1.34. The smallest absolute Gasteiger partial charge is 0.226 e. The molecule has 76 valence electrons. The van der Waals surface area contributed by atoms with Crippen LogP contribution < -0.4 is 0 Å². The highest BCUT2D eigenvalue weighted by molar-refractivity contribution is 7.91. The lowest BCUT2D eigenvalue weighted by Crippen LogP contribution is -2.16. The van der Waals surface area contributed by atoms with Crippen LogP contribution in [0.2, 0.25) is 0 Å². The summed E-state index contributed by atoms with van der Waals surface area (Å²) >= 11 is 1.37. The molecule has 0 bridgehead atoms. The number of hydrogen-bond acceptors (Lipinski definition) is 5. The molecule has 0 aliphatic heterocycles. The Morgan fingerprint density at radius 3 is 2.86 bits per heavy atom. The molecule has 0 aromatic carbocycles. The van der Waals surface area contributed by atoms with Gasteiger partial charge >= 0.3 is 0 Å². The number of nitrogens with zero attached hydrogens (tertiary/aromatic N) is 1. The second kappa shape index (κ2) is 4.50. The minimum absolute atomic E-state index is 0.0724. The van der Waals surface area contributed by atoms with Gasteiger partial charge in [0.1, 0.15) is 0 Å². The second-order valence-electron chi connectivity index (χ2n) is 2.71. The van der Waals surface area contributed by atoms with E-state index in [2.05, 4.69) is 4.99 Å². The molecule has 4 nitrogen and oxygen atoms in total. The summed E-state index contributed by atoms with van der Waals surface area (Å²) in [5, 5.41) is 0.792. The highest BCUT2D eigenvalue weighted by atomic mass is 32.2. The van der Waals surface area contributed by atoms with Crippen molar-refractivity contribution in [2.45, 2.75) is 18.1 Å². The van der Waals surface area contributed by atoms with Crippen LogP contribution in [-0.2, 0) is 20.4 Å². The van der Waals surface area contributed by atoms with Gasteiger partial charge in [0, 0.05) is 4.88 Å². The number of thiophene rings is 1. The first-order valence-electron chi connectivity index (χ1n) is 3.87. The highest BCUT2D eigenvalue weighted by Gasteiger charge is 2.20. The summed E-state index contributed by atoms with van der Waals surface area (Å²) in [6.07, 6.45) is 1.25. The van der Waals surface area contributed by atoms with Gasteiger partial charge in [-0.1, -0.05) is 6.07 Å². The summed E-state index contributed by atoms with van der Waals surface area (Å²) in [6.45, 7) is 1.37. The first-order valence-corrected chi connectivity index (χ1v) is 6.46. The van der Waals surface area contributed by atoms with Crippen LogP contribution in [0.1, 0.15) is 11.8 Å². The molecule has 1 aromatic heterocycles. The van der Waals surface area contributed by atoms with Crippen LogP contribution in [0.15, 0.2) is 22.5 Å². The normalized spacial score (nSPS) is 13.2. The molecule has 1 atom stereocenters. The molecule has 1 heterocycles. The van der Waals surface area contributed by atoms with E-state index in [1.54, 1.807) is 17.5 Å². The standard InChI is InChI=1S/C8H9NO3S2/c1-7(9-6-10)14(11,12)5-8-3-2-4-13-8/h2-4,7H,5H2,1H3. The molecule has 0 N–H and O–H groups in total. The van der Waals surface area contributed by atoms with Crippen molar-refractivity contribution in [3.8, 4) is 0 Å². The van der Waals surface area contributed by atoms with E-state index >= 15 is 0 Å². The lowest BCUT2D eigenvalue weighted by molar-refractivity contribution is 0.558. The lowest BCUT2D eigenvalue weighted by Gasteiger charge is -2.04. The van der Waals surface area contributed by atoms with Crippen LogP contribution in [-0.4, -0.2) is 19.9 Å². The molecule has 1 unspecified atom stereocenters. The van der Waals surface area contributed by atoms with Gasteiger partial charge in [-0.05, 0) is 18.4 Å². The third-order valence-corrected chi connectivity index (χ3v) is 4.60. The van der Waals surface area contributed by atoms with Crippen molar-refractivity contribution in [1.82, 2.24) is 0 Å². The molecule has 0 radical (unpaired) electrons. The van der Waals surface area contributed by atoms with Crippen molar-refractivity contribution in [1.29, 1.82) is 0 Å². The van der Waals surface area contributed by atoms with E-state index in [0.717, 1.165) is 4.88 Å². The molecule has 1 aromatic rings. The molecule has 6 heteroatoms. The van der Waals surface area contributed by atoms with Gasteiger partial charge < -0.3 is 0 Å². The van der Waals surface area contributed by atoms with Gasteiger partial charge in [-0.3, -0.25) is 0 Å². The first kappa shape index (κ1) is 11.1. The molecule has 0 amide bonds. The average Bonchev–Trinajstić information content (AvgIpc) is 2.56. The Hall–Kier alpha value is -0.970. The van der Waals surface area contributed by atoms with E-state index in [4.69, 9.17) is 0 Å². The lowest BCUT2D eigenvalue weighted by atomic mass is 10.5. The summed E-state index contributed by atoms with van der Waals surface area (Å²) in [7, 11) is -3.36. The van der Waals surface area contributed by atoms with E-state index in [9.17, 15) is 13.2 Å². The molecular weight excluding hydrogens is 222 g/mol. The Labute approximate surface area is 86.2 Å². The Morgan fingerprint density at radius 1 is 1.64 bits per heavy atom. The fraction of sp³-hybridized carbons (Fsp3) is 0.375. The predicted molar refractivity (Wildman–Crippen MR) is 54.5 cm³/mol. The maximum absolute atomic E-state index is 11.5. The van der Waals surface area contributed by atoms with Crippen LogP contribution >= 0.6 is 11.3 Å². The average molecular weight is 231 g/mol. The summed E-state index contributed by atoms with van der Waals surface area (Å²) in [5.41, 5.74) is 0.